The number of hydrogen-bond donors (Lipinski definition) is 0. The maximum absolute atomic E-state index is 13.0. The lowest BCUT2D eigenvalue weighted by Gasteiger charge is -2.13. The van der Waals surface area contributed by atoms with Gasteiger partial charge in [0.15, 0.2) is 5.82 Å². The molecule has 0 aliphatic heterocycles. The maximum atomic E-state index is 13.0. The first kappa shape index (κ1) is 19.6. The van der Waals surface area contributed by atoms with E-state index in [0.29, 0.717) is 17.7 Å². The van der Waals surface area contributed by atoms with E-state index in [1.54, 1.807) is 24.5 Å². The average Bonchev–Trinajstić information content (AvgIpc) is 3.09. The van der Waals surface area contributed by atoms with Crippen molar-refractivity contribution in [2.45, 2.75) is 18.9 Å². The number of rotatable bonds is 4. The number of alkyl halides is 6. The van der Waals surface area contributed by atoms with Crippen molar-refractivity contribution in [3.8, 4) is 11.4 Å². The van der Waals surface area contributed by atoms with Gasteiger partial charge in [0.25, 0.3) is 0 Å². The smallest absolute Gasteiger partial charge is 0.264 e. The van der Waals surface area contributed by atoms with Crippen LogP contribution in [-0.4, -0.2) is 19.7 Å². The van der Waals surface area contributed by atoms with Crippen molar-refractivity contribution >= 4 is 5.57 Å². The lowest BCUT2D eigenvalue weighted by atomic mass is 10.0. The zero-order valence-corrected chi connectivity index (χ0v) is 14.1. The lowest BCUT2D eigenvalue weighted by molar-refractivity contribution is -0.143. The quantitative estimate of drug-likeness (QED) is 0.575. The highest BCUT2D eigenvalue weighted by molar-refractivity contribution is 5.62. The molecule has 146 valence electrons. The summed E-state index contributed by atoms with van der Waals surface area (Å²) >= 11 is 0. The summed E-state index contributed by atoms with van der Waals surface area (Å²) < 4.78 is 79.2. The van der Waals surface area contributed by atoms with Gasteiger partial charge in [-0.15, -0.1) is 0 Å². The summed E-state index contributed by atoms with van der Waals surface area (Å²) in [6.07, 6.45) is -5.51. The molecule has 0 saturated heterocycles. The van der Waals surface area contributed by atoms with Crippen LogP contribution in [0.1, 0.15) is 16.7 Å². The summed E-state index contributed by atoms with van der Waals surface area (Å²) in [6.45, 7) is 4.01. The fourth-order valence-corrected chi connectivity index (χ4v) is 2.45. The van der Waals surface area contributed by atoms with Crippen molar-refractivity contribution < 1.29 is 26.3 Å². The molecule has 0 bridgehead atoms. The molecule has 2 heterocycles. The Labute approximate surface area is 155 Å². The molecule has 10 heteroatoms. The third kappa shape index (κ3) is 4.38. The Hall–Kier alpha value is -3.17. The van der Waals surface area contributed by atoms with Gasteiger partial charge in [-0.3, -0.25) is 4.98 Å². The number of allylic oxidation sites excluding steroid dienone is 1. The topological polar surface area (TPSA) is 43.6 Å². The van der Waals surface area contributed by atoms with E-state index in [0.717, 1.165) is 5.56 Å². The summed E-state index contributed by atoms with van der Waals surface area (Å²) in [5.41, 5.74) is -1.91. The molecular weight excluding hydrogens is 386 g/mol. The SMILES string of the molecule is C=C(Cn1cnc(-c2cc(C(F)(F)F)cc(C(F)(F)F)c2)n1)c1cccnc1. The van der Waals surface area contributed by atoms with Crippen molar-refractivity contribution in [2.75, 3.05) is 0 Å². The summed E-state index contributed by atoms with van der Waals surface area (Å²) in [6, 6.07) is 4.70. The van der Waals surface area contributed by atoms with Gasteiger partial charge in [0.05, 0.1) is 17.7 Å². The molecule has 4 nitrogen and oxygen atoms in total. The van der Waals surface area contributed by atoms with E-state index in [1.807, 2.05) is 0 Å². The minimum absolute atomic E-state index is 0.0603. The largest absolute Gasteiger partial charge is 0.416 e. The van der Waals surface area contributed by atoms with E-state index < -0.39 is 23.5 Å². The molecule has 0 amide bonds. The molecule has 0 atom stereocenters. The van der Waals surface area contributed by atoms with Gasteiger partial charge in [-0.25, -0.2) is 9.67 Å². The Morgan fingerprint density at radius 2 is 1.64 bits per heavy atom. The van der Waals surface area contributed by atoms with Gasteiger partial charge in [0.2, 0.25) is 0 Å². The van der Waals surface area contributed by atoms with Gasteiger partial charge >= 0.3 is 12.4 Å². The molecule has 0 radical (unpaired) electrons. The molecule has 1 aromatic carbocycles. The standard InChI is InChI=1S/C18H12F6N4/c1-11(12-3-2-4-25-8-12)9-28-10-26-16(27-28)13-5-14(17(19,20)21)7-15(6-13)18(22,23)24/h2-8,10H,1,9H2. The molecule has 0 aliphatic rings. The van der Waals surface area contributed by atoms with E-state index in [9.17, 15) is 26.3 Å². The van der Waals surface area contributed by atoms with Crippen LogP contribution in [-0.2, 0) is 18.9 Å². The normalized spacial score (nSPS) is 12.2. The van der Waals surface area contributed by atoms with E-state index in [1.165, 1.54) is 11.0 Å². The van der Waals surface area contributed by atoms with Crippen molar-refractivity contribution in [1.29, 1.82) is 0 Å². The Morgan fingerprint density at radius 3 is 2.18 bits per heavy atom. The summed E-state index contributed by atoms with van der Waals surface area (Å²) in [4.78, 5) is 7.79. The van der Waals surface area contributed by atoms with Crippen molar-refractivity contribution in [2.24, 2.45) is 0 Å². The molecule has 0 aliphatic carbocycles. The van der Waals surface area contributed by atoms with Crippen molar-refractivity contribution in [3.05, 3.63) is 72.3 Å². The van der Waals surface area contributed by atoms with Crippen molar-refractivity contribution in [1.82, 2.24) is 19.7 Å². The highest BCUT2D eigenvalue weighted by Gasteiger charge is 2.37. The Morgan fingerprint density at radius 1 is 1.00 bits per heavy atom. The van der Waals surface area contributed by atoms with E-state index >= 15 is 0 Å². The number of hydrogen-bond acceptors (Lipinski definition) is 3. The number of nitrogens with zero attached hydrogens (tertiary/aromatic N) is 4. The Bertz CT molecular complexity index is 957. The minimum atomic E-state index is -4.94. The second-order valence-corrected chi connectivity index (χ2v) is 5.91. The van der Waals surface area contributed by atoms with Crippen LogP contribution >= 0.6 is 0 Å². The van der Waals surface area contributed by atoms with Gasteiger partial charge < -0.3 is 0 Å². The fraction of sp³-hybridized carbons (Fsp3) is 0.167. The molecule has 3 rings (SSSR count). The van der Waals surface area contributed by atoms with Crippen LogP contribution in [0.2, 0.25) is 0 Å². The summed E-state index contributed by atoms with van der Waals surface area (Å²) in [5.74, 6) is -0.254. The second-order valence-electron chi connectivity index (χ2n) is 5.91. The summed E-state index contributed by atoms with van der Waals surface area (Å²) in [7, 11) is 0. The van der Waals surface area contributed by atoms with E-state index in [2.05, 4.69) is 21.6 Å². The third-order valence-corrected chi connectivity index (χ3v) is 3.80. The summed E-state index contributed by atoms with van der Waals surface area (Å²) in [5, 5.41) is 3.98. The maximum Gasteiger partial charge on any atom is 0.416 e. The predicted octanol–water partition coefficient (Wildman–Crippen LogP) is 5.09. The highest BCUT2D eigenvalue weighted by Crippen LogP contribution is 2.38. The number of aromatic nitrogens is 4. The molecule has 0 spiro atoms. The fourth-order valence-electron chi connectivity index (χ4n) is 2.45. The molecule has 2 aromatic heterocycles. The molecule has 0 unspecified atom stereocenters. The van der Waals surface area contributed by atoms with Crippen LogP contribution < -0.4 is 0 Å². The first-order valence-electron chi connectivity index (χ1n) is 7.81. The zero-order valence-electron chi connectivity index (χ0n) is 14.1. The van der Waals surface area contributed by atoms with Crippen LogP contribution in [0.25, 0.3) is 17.0 Å². The highest BCUT2D eigenvalue weighted by atomic mass is 19.4. The molecular formula is C18H12F6N4. The number of benzene rings is 1. The minimum Gasteiger partial charge on any atom is -0.264 e. The van der Waals surface area contributed by atoms with Gasteiger partial charge in [-0.1, -0.05) is 12.6 Å². The Kier molecular flexibility index (Phi) is 4.97. The monoisotopic (exact) mass is 398 g/mol. The van der Waals surface area contributed by atoms with Crippen LogP contribution in [0.5, 0.6) is 0 Å². The predicted molar refractivity (Wildman–Crippen MR) is 88.7 cm³/mol. The molecule has 0 saturated carbocycles. The van der Waals surface area contributed by atoms with Gasteiger partial charge in [-0.05, 0) is 35.4 Å². The molecule has 28 heavy (non-hydrogen) atoms. The number of halogens is 6. The Balaban J connectivity index is 1.93. The first-order chi connectivity index (χ1) is 13.0. The van der Waals surface area contributed by atoms with Crippen LogP contribution in [0, 0.1) is 0 Å². The van der Waals surface area contributed by atoms with E-state index in [4.69, 9.17) is 0 Å². The van der Waals surface area contributed by atoms with Gasteiger partial charge in [0.1, 0.15) is 6.33 Å². The molecule has 0 N–H and O–H groups in total. The first-order valence-corrected chi connectivity index (χ1v) is 7.81. The van der Waals surface area contributed by atoms with Crippen molar-refractivity contribution in [3.63, 3.8) is 0 Å². The van der Waals surface area contributed by atoms with Gasteiger partial charge in [-0.2, -0.15) is 31.4 Å². The number of pyridine rings is 1. The van der Waals surface area contributed by atoms with Gasteiger partial charge in [0, 0.05) is 18.0 Å². The van der Waals surface area contributed by atoms with Crippen LogP contribution in [0.4, 0.5) is 26.3 Å². The lowest BCUT2D eigenvalue weighted by Crippen LogP contribution is -2.11. The average molecular weight is 398 g/mol. The zero-order chi connectivity index (χ0) is 20.5. The van der Waals surface area contributed by atoms with Crippen LogP contribution in [0.15, 0.2) is 55.6 Å². The third-order valence-electron chi connectivity index (χ3n) is 3.80. The van der Waals surface area contributed by atoms with Crippen LogP contribution in [0.3, 0.4) is 0 Å². The molecule has 0 fully saturated rings. The molecule has 3 aromatic rings. The second kappa shape index (κ2) is 7.10. The van der Waals surface area contributed by atoms with E-state index in [-0.39, 0.29) is 24.0 Å².